The molecule has 7 nitrogen and oxygen atoms in total. The van der Waals surface area contributed by atoms with Crippen molar-refractivity contribution < 1.29 is 0 Å². The van der Waals surface area contributed by atoms with Gasteiger partial charge in [0.15, 0.2) is 0 Å². The van der Waals surface area contributed by atoms with Gasteiger partial charge in [0.05, 0.1) is 5.69 Å². The third-order valence-electron chi connectivity index (χ3n) is 6.79. The molecule has 0 bridgehead atoms. The number of aromatic nitrogens is 3. The Morgan fingerprint density at radius 3 is 2.62 bits per heavy atom. The van der Waals surface area contributed by atoms with Crippen LogP contribution in [0.2, 0.25) is 0 Å². The summed E-state index contributed by atoms with van der Waals surface area (Å²) in [6.07, 6.45) is 19.7. The van der Waals surface area contributed by atoms with Crippen LogP contribution in [-0.2, 0) is 7.05 Å². The van der Waals surface area contributed by atoms with E-state index >= 15 is 0 Å². The zero-order chi connectivity index (χ0) is 26.5. The number of anilines is 1. The highest BCUT2D eigenvalue weighted by Gasteiger charge is 2.15. The Morgan fingerprint density at radius 2 is 1.89 bits per heavy atom. The maximum absolute atomic E-state index is 12.6. The first-order chi connectivity index (χ1) is 18.2. The van der Waals surface area contributed by atoms with E-state index in [1.165, 1.54) is 43.6 Å². The van der Waals surface area contributed by atoms with Crippen molar-refractivity contribution in [3.63, 3.8) is 0 Å². The normalized spacial score (nSPS) is 19.1. The maximum Gasteiger partial charge on any atom is 0.255 e. The van der Waals surface area contributed by atoms with E-state index < -0.39 is 0 Å². The van der Waals surface area contributed by atoms with Crippen LogP contribution in [0.4, 0.5) is 5.95 Å². The lowest BCUT2D eigenvalue weighted by atomic mass is 10.1. The average molecular weight is 505 g/mol. The van der Waals surface area contributed by atoms with Crippen LogP contribution in [-0.4, -0.2) is 52.2 Å². The maximum atomic E-state index is 12.6. The van der Waals surface area contributed by atoms with Crippen molar-refractivity contribution >= 4 is 5.95 Å². The van der Waals surface area contributed by atoms with E-state index in [1.807, 2.05) is 26.0 Å². The molecule has 1 saturated heterocycles. The molecule has 4 rings (SSSR count). The predicted octanol–water partition coefficient (Wildman–Crippen LogP) is 5.28. The Bertz CT molecular complexity index is 1110. The summed E-state index contributed by atoms with van der Waals surface area (Å²) in [7, 11) is 1.79. The molecular weight excluding hydrogens is 460 g/mol. The van der Waals surface area contributed by atoms with E-state index in [9.17, 15) is 4.79 Å². The summed E-state index contributed by atoms with van der Waals surface area (Å²) in [6.45, 7) is 10.8. The largest absolute Gasteiger partial charge is 0.389 e. The molecule has 0 spiro atoms. The van der Waals surface area contributed by atoms with E-state index in [0.717, 1.165) is 44.5 Å². The van der Waals surface area contributed by atoms with Crippen molar-refractivity contribution in [1.82, 2.24) is 24.8 Å². The standard InChI is InChI=1S/C28H38N6O.C2H6/c1-3-33(28-31-26(21-27(35)32(28)2)24-13-15-29-16-14-24)20-17-30-22-23-9-5-4-6-10-25(12-11-23)34-18-7-8-19-34;1-2/h6,10,12-16,21-22,30H,3-5,7-9,11,17-20H2,1-2H3;1-2H3/b10-6-,23-22+,25-12+;. The van der Waals surface area contributed by atoms with Gasteiger partial charge in [-0.1, -0.05) is 31.6 Å². The van der Waals surface area contributed by atoms with Crippen molar-refractivity contribution in [1.29, 1.82) is 0 Å². The van der Waals surface area contributed by atoms with Crippen LogP contribution in [0.3, 0.4) is 0 Å². The zero-order valence-electron chi connectivity index (χ0n) is 23.1. The fourth-order valence-corrected chi connectivity index (χ4v) is 4.69. The quantitative estimate of drug-likeness (QED) is 0.494. The number of hydrogen-bond donors (Lipinski definition) is 1. The second-order valence-electron chi connectivity index (χ2n) is 9.23. The highest BCUT2D eigenvalue weighted by molar-refractivity contribution is 5.59. The second kappa shape index (κ2) is 15.0. The number of allylic oxidation sites excluding steroid dienone is 4. The van der Waals surface area contributed by atoms with Gasteiger partial charge in [0.2, 0.25) is 5.95 Å². The van der Waals surface area contributed by atoms with Crippen LogP contribution in [0, 0.1) is 0 Å². The molecule has 3 heterocycles. The molecule has 2 aromatic heterocycles. The summed E-state index contributed by atoms with van der Waals surface area (Å²) in [5, 5.41) is 3.53. The molecule has 1 fully saturated rings. The lowest BCUT2D eigenvalue weighted by Crippen LogP contribution is -2.35. The van der Waals surface area contributed by atoms with E-state index in [2.05, 4.69) is 51.5 Å². The zero-order valence-corrected chi connectivity index (χ0v) is 23.1. The molecular formula is C30H44N6O. The van der Waals surface area contributed by atoms with Crippen LogP contribution in [0.1, 0.15) is 59.3 Å². The van der Waals surface area contributed by atoms with Gasteiger partial charge in [-0.25, -0.2) is 4.98 Å². The predicted molar refractivity (Wildman–Crippen MR) is 155 cm³/mol. The number of likely N-dealkylation sites (tertiary alicyclic amines) is 1. The van der Waals surface area contributed by atoms with Gasteiger partial charge in [-0.3, -0.25) is 14.3 Å². The Labute approximate surface area is 222 Å². The number of likely N-dealkylation sites (N-methyl/N-ethyl adjacent to an activating group) is 1. The minimum absolute atomic E-state index is 0.0601. The van der Waals surface area contributed by atoms with Crippen LogP contribution in [0.15, 0.2) is 71.1 Å². The molecule has 0 amide bonds. The molecule has 200 valence electrons. The Balaban J connectivity index is 0.00000186. The van der Waals surface area contributed by atoms with Gasteiger partial charge in [-0.05, 0) is 69.9 Å². The smallest absolute Gasteiger partial charge is 0.255 e. The van der Waals surface area contributed by atoms with Crippen molar-refractivity contribution in [2.75, 3.05) is 37.6 Å². The van der Waals surface area contributed by atoms with Gasteiger partial charge >= 0.3 is 0 Å². The first-order valence-electron chi connectivity index (χ1n) is 13.9. The van der Waals surface area contributed by atoms with E-state index in [0.29, 0.717) is 11.6 Å². The number of nitrogens with zero attached hydrogens (tertiary/aromatic N) is 5. The van der Waals surface area contributed by atoms with Gasteiger partial charge in [-0.15, -0.1) is 0 Å². The van der Waals surface area contributed by atoms with Crippen LogP contribution in [0.25, 0.3) is 11.3 Å². The molecule has 2 aromatic rings. The first kappa shape index (κ1) is 28.2. The molecule has 2 aliphatic rings. The fourth-order valence-electron chi connectivity index (χ4n) is 4.69. The topological polar surface area (TPSA) is 66.3 Å². The molecule has 0 unspecified atom stereocenters. The lowest BCUT2D eigenvalue weighted by Gasteiger charge is -2.24. The van der Waals surface area contributed by atoms with Crippen molar-refractivity contribution in [3.8, 4) is 11.3 Å². The summed E-state index contributed by atoms with van der Waals surface area (Å²) < 4.78 is 1.63. The molecule has 7 heteroatoms. The van der Waals surface area contributed by atoms with E-state index in [4.69, 9.17) is 4.98 Å². The van der Waals surface area contributed by atoms with Crippen LogP contribution < -0.4 is 15.8 Å². The fraction of sp³-hybridized carbons (Fsp3) is 0.500. The average Bonchev–Trinajstić information content (AvgIpc) is 3.50. The first-order valence-corrected chi connectivity index (χ1v) is 13.9. The Kier molecular flexibility index (Phi) is 11.5. The molecule has 1 aliphatic carbocycles. The number of pyridine rings is 1. The minimum Gasteiger partial charge on any atom is -0.389 e. The van der Waals surface area contributed by atoms with Crippen LogP contribution in [0.5, 0.6) is 0 Å². The molecule has 1 N–H and O–H groups in total. The van der Waals surface area contributed by atoms with E-state index in [-0.39, 0.29) is 5.56 Å². The van der Waals surface area contributed by atoms with Gasteiger partial charge in [0.25, 0.3) is 5.56 Å². The van der Waals surface area contributed by atoms with Gasteiger partial charge < -0.3 is 15.1 Å². The lowest BCUT2D eigenvalue weighted by molar-refractivity contribution is 0.439. The summed E-state index contributed by atoms with van der Waals surface area (Å²) >= 11 is 0. The summed E-state index contributed by atoms with van der Waals surface area (Å²) in [6, 6.07) is 5.35. The van der Waals surface area contributed by atoms with Crippen LogP contribution >= 0.6 is 0 Å². The summed E-state index contributed by atoms with van der Waals surface area (Å²) in [5.41, 5.74) is 4.34. The third kappa shape index (κ3) is 8.07. The summed E-state index contributed by atoms with van der Waals surface area (Å²) in [5.74, 6) is 0.688. The Morgan fingerprint density at radius 1 is 1.14 bits per heavy atom. The molecule has 0 saturated carbocycles. The molecule has 37 heavy (non-hydrogen) atoms. The molecule has 0 radical (unpaired) electrons. The van der Waals surface area contributed by atoms with Crippen molar-refractivity contribution in [3.05, 3.63) is 76.6 Å². The second-order valence-corrected chi connectivity index (χ2v) is 9.23. The monoisotopic (exact) mass is 504 g/mol. The van der Waals surface area contributed by atoms with Crippen molar-refractivity contribution in [2.45, 2.75) is 59.3 Å². The van der Waals surface area contributed by atoms with Gasteiger partial charge in [0, 0.05) is 69.5 Å². The minimum atomic E-state index is -0.0601. The number of rotatable bonds is 8. The van der Waals surface area contributed by atoms with E-state index in [1.54, 1.807) is 30.1 Å². The van der Waals surface area contributed by atoms with Gasteiger partial charge in [-0.2, -0.15) is 0 Å². The molecule has 0 atom stereocenters. The molecule has 0 aromatic carbocycles. The summed E-state index contributed by atoms with van der Waals surface area (Å²) in [4.78, 5) is 26.2. The number of hydrogen-bond acceptors (Lipinski definition) is 6. The SMILES string of the molecule is CC.CCN(CCN/C=C1/C/C=C(N2CCCC2)\C=C/CCC1)c1nc(-c2ccncc2)cc(=O)n1C. The Hall–Kier alpha value is -3.35. The highest BCUT2D eigenvalue weighted by atomic mass is 16.1. The third-order valence-corrected chi connectivity index (χ3v) is 6.79. The van der Waals surface area contributed by atoms with Gasteiger partial charge in [0.1, 0.15) is 0 Å². The highest BCUT2D eigenvalue weighted by Crippen LogP contribution is 2.22. The number of nitrogens with one attached hydrogen (secondary N) is 1. The van der Waals surface area contributed by atoms with Crippen molar-refractivity contribution in [2.24, 2.45) is 7.05 Å². The molecule has 1 aliphatic heterocycles.